The van der Waals surface area contributed by atoms with E-state index in [9.17, 15) is 22.8 Å². The average molecular weight is 907 g/mol. The molecule has 5 heterocycles. The molecule has 3 aliphatic heterocycles. The van der Waals surface area contributed by atoms with Crippen molar-refractivity contribution in [1.29, 1.82) is 0 Å². The predicted octanol–water partition coefficient (Wildman–Crippen LogP) is 8.74. The second-order valence-electron chi connectivity index (χ2n) is 18.1. The van der Waals surface area contributed by atoms with E-state index >= 15 is 4.39 Å². The van der Waals surface area contributed by atoms with E-state index < -0.39 is 15.8 Å². The molecule has 0 unspecified atom stereocenters. The Labute approximate surface area is 378 Å². The quantitative estimate of drug-likeness (QED) is 0.0973. The maximum absolute atomic E-state index is 16.1. The molecule has 3 amide bonds. The van der Waals surface area contributed by atoms with E-state index in [1.54, 1.807) is 31.3 Å². The van der Waals surface area contributed by atoms with E-state index in [1.807, 2.05) is 62.1 Å². The van der Waals surface area contributed by atoms with Crippen LogP contribution in [-0.2, 0) is 29.8 Å². The molecule has 0 bridgehead atoms. The molecule has 2 aromatic heterocycles. The first kappa shape index (κ1) is 44.9. The van der Waals surface area contributed by atoms with Crippen LogP contribution in [0, 0.1) is 11.7 Å². The first-order chi connectivity index (χ1) is 30.6. The third-order valence-electron chi connectivity index (χ3n) is 12.3. The first-order valence-corrected chi connectivity index (χ1v) is 24.6. The number of imide groups is 1. The third-order valence-corrected chi connectivity index (χ3v) is 15.3. The van der Waals surface area contributed by atoms with Gasteiger partial charge in [0.05, 0.1) is 38.6 Å². The molecule has 3 saturated heterocycles. The zero-order valence-electron chi connectivity index (χ0n) is 36.7. The highest BCUT2D eigenvalue weighted by molar-refractivity contribution is 7.92. The lowest BCUT2D eigenvalue weighted by Gasteiger charge is -2.33. The normalized spacial score (nSPS) is 18.6. The fraction of sp³-hybridized carbons (Fsp3) is 0.417. The van der Waals surface area contributed by atoms with Crippen LogP contribution in [0.15, 0.2) is 79.0 Å². The monoisotopic (exact) mass is 906 g/mol. The Kier molecular flexibility index (Phi) is 13.2. The lowest BCUT2D eigenvalue weighted by molar-refractivity contribution is -0.135. The molecule has 2 atom stereocenters. The Bertz CT molecular complexity index is 2620. The lowest BCUT2D eigenvalue weighted by Crippen LogP contribution is -2.39. The number of piperidine rings is 2. The van der Waals surface area contributed by atoms with Crippen molar-refractivity contribution in [3.05, 3.63) is 101 Å². The van der Waals surface area contributed by atoms with E-state index in [0.717, 1.165) is 67.4 Å². The van der Waals surface area contributed by atoms with Crippen molar-refractivity contribution >= 4 is 62.1 Å². The van der Waals surface area contributed by atoms with Crippen LogP contribution in [0.2, 0.25) is 0 Å². The van der Waals surface area contributed by atoms with E-state index in [2.05, 4.69) is 37.4 Å². The van der Waals surface area contributed by atoms with Crippen LogP contribution in [0.1, 0.15) is 101 Å². The van der Waals surface area contributed by atoms with Crippen molar-refractivity contribution in [2.75, 3.05) is 46.9 Å². The molecule has 3 aromatic carbocycles. The second-order valence-corrected chi connectivity index (χ2v) is 20.9. The molecule has 64 heavy (non-hydrogen) atoms. The Morgan fingerprint density at radius 3 is 2.36 bits per heavy atom. The van der Waals surface area contributed by atoms with Crippen molar-refractivity contribution in [3.63, 3.8) is 0 Å². The maximum Gasteiger partial charge on any atom is 0.234 e. The summed E-state index contributed by atoms with van der Waals surface area (Å²) in [5.41, 5.74) is 4.67. The van der Waals surface area contributed by atoms with Crippen LogP contribution in [0.4, 0.5) is 27.4 Å². The summed E-state index contributed by atoms with van der Waals surface area (Å²) in [6, 6.07) is 22.7. The van der Waals surface area contributed by atoms with Gasteiger partial charge in [-0.25, -0.2) is 27.8 Å². The standard InChI is InChI=1S/C48H55FN8O5S2/c1-5-27-64(61,62)55-38-8-6-7-37(42(38)49)43-44(63-46(54-43)48(2,3)4)39-19-23-50-47(52-39)51-34-13-9-31(10-14-34)32-21-25-56(26-22-32)41(59)28-30-20-24-57(29-30)35-15-11-33(12-16-35)36-17-18-40(58)53-45(36)60/h6-16,19,23,30,32,36,55H,5,17-18,20-22,24-29H2,1-4H3,(H,50,51,52)(H,53,58,60)/t30-,36+/m1/s1. The van der Waals surface area contributed by atoms with Gasteiger partial charge in [0.2, 0.25) is 33.7 Å². The number of anilines is 4. The Hall–Kier alpha value is -5.74. The fourth-order valence-electron chi connectivity index (χ4n) is 8.79. The number of carbonyl (C=O) groups is 3. The number of hydrogen-bond donors (Lipinski definition) is 3. The van der Waals surface area contributed by atoms with Crippen molar-refractivity contribution in [2.45, 2.75) is 89.9 Å². The number of sulfonamides is 1. The van der Waals surface area contributed by atoms with Crippen molar-refractivity contribution in [2.24, 2.45) is 5.92 Å². The van der Waals surface area contributed by atoms with Crippen molar-refractivity contribution in [3.8, 4) is 21.8 Å². The molecule has 16 heteroatoms. The fourth-order valence-corrected chi connectivity index (χ4v) is 11.0. The second kappa shape index (κ2) is 18.8. The molecule has 0 aliphatic carbocycles. The lowest BCUT2D eigenvalue weighted by atomic mass is 9.89. The van der Waals surface area contributed by atoms with Gasteiger partial charge in [-0.2, -0.15) is 0 Å². The van der Waals surface area contributed by atoms with Gasteiger partial charge in [0.25, 0.3) is 0 Å². The van der Waals surface area contributed by atoms with Crippen LogP contribution in [0.5, 0.6) is 0 Å². The van der Waals surface area contributed by atoms with Crippen LogP contribution in [0.3, 0.4) is 0 Å². The van der Waals surface area contributed by atoms with Gasteiger partial charge >= 0.3 is 0 Å². The molecule has 0 spiro atoms. The van der Waals surface area contributed by atoms with E-state index in [1.165, 1.54) is 23.0 Å². The summed E-state index contributed by atoms with van der Waals surface area (Å²) in [5, 5.41) is 6.54. The van der Waals surface area contributed by atoms with E-state index in [0.29, 0.717) is 53.8 Å². The minimum atomic E-state index is -3.72. The summed E-state index contributed by atoms with van der Waals surface area (Å²) in [6.07, 6.45) is 6.21. The number of nitrogens with zero attached hydrogens (tertiary/aromatic N) is 5. The molecule has 8 rings (SSSR count). The Balaban J connectivity index is 0.861. The Morgan fingerprint density at radius 1 is 0.922 bits per heavy atom. The van der Waals surface area contributed by atoms with Gasteiger partial charge in [0.1, 0.15) is 0 Å². The summed E-state index contributed by atoms with van der Waals surface area (Å²) >= 11 is 1.42. The van der Waals surface area contributed by atoms with Gasteiger partial charge in [-0.3, -0.25) is 24.4 Å². The topological polar surface area (TPSA) is 167 Å². The minimum Gasteiger partial charge on any atom is -0.371 e. The van der Waals surface area contributed by atoms with Gasteiger partial charge in [0.15, 0.2) is 5.82 Å². The molecule has 13 nitrogen and oxygen atoms in total. The number of aromatic nitrogens is 3. The molecule has 5 aromatic rings. The maximum atomic E-state index is 16.1. The molecular formula is C48H55FN8O5S2. The van der Waals surface area contributed by atoms with Crippen LogP contribution < -0.4 is 20.3 Å². The number of hydrogen-bond acceptors (Lipinski definition) is 11. The molecule has 336 valence electrons. The predicted molar refractivity (Wildman–Crippen MR) is 250 cm³/mol. The molecule has 0 radical (unpaired) electrons. The molecule has 3 aliphatic rings. The molecule has 3 N–H and O–H groups in total. The summed E-state index contributed by atoms with van der Waals surface area (Å²) in [6.45, 7) is 11.0. The number of halogens is 1. The SMILES string of the molecule is CCCS(=O)(=O)Nc1cccc(-c2nc(C(C)(C)C)sc2-c2ccnc(Nc3ccc(C4CCN(C(=O)C[C@H]5CCN(c6ccc([C@@H]7CCC(=O)NC7=O)cc6)C5)CC4)cc3)n2)c1F. The minimum absolute atomic E-state index is 0.118. The smallest absolute Gasteiger partial charge is 0.234 e. The van der Waals surface area contributed by atoms with Gasteiger partial charge < -0.3 is 15.1 Å². The Morgan fingerprint density at radius 2 is 1.66 bits per heavy atom. The zero-order valence-corrected chi connectivity index (χ0v) is 38.3. The van der Waals surface area contributed by atoms with Crippen LogP contribution >= 0.6 is 11.3 Å². The summed E-state index contributed by atoms with van der Waals surface area (Å²) < 4.78 is 43.5. The highest BCUT2D eigenvalue weighted by atomic mass is 32.2. The number of benzene rings is 3. The van der Waals surface area contributed by atoms with E-state index in [-0.39, 0.29) is 52.0 Å². The number of amides is 3. The van der Waals surface area contributed by atoms with Crippen LogP contribution in [0.25, 0.3) is 21.8 Å². The molecule has 3 fully saturated rings. The number of nitrogens with one attached hydrogen (secondary N) is 3. The number of thiazole rings is 1. The highest BCUT2D eigenvalue weighted by Crippen LogP contribution is 2.42. The summed E-state index contributed by atoms with van der Waals surface area (Å²) in [5.74, 6) is -0.354. The summed E-state index contributed by atoms with van der Waals surface area (Å²) in [4.78, 5) is 56.5. The van der Waals surface area contributed by atoms with Gasteiger partial charge in [-0.1, -0.05) is 58.0 Å². The van der Waals surface area contributed by atoms with Gasteiger partial charge in [-0.05, 0) is 97.5 Å². The van der Waals surface area contributed by atoms with E-state index in [4.69, 9.17) is 9.97 Å². The van der Waals surface area contributed by atoms with Gasteiger partial charge in [-0.15, -0.1) is 11.3 Å². The third kappa shape index (κ3) is 10.3. The zero-order chi connectivity index (χ0) is 45.2. The number of carbonyl (C=O) groups excluding carboxylic acids is 3. The van der Waals surface area contributed by atoms with Crippen LogP contribution in [-0.4, -0.2) is 77.9 Å². The first-order valence-electron chi connectivity index (χ1n) is 22.1. The highest BCUT2D eigenvalue weighted by Gasteiger charge is 2.32. The molecule has 0 saturated carbocycles. The van der Waals surface area contributed by atoms with Crippen molar-refractivity contribution in [1.82, 2.24) is 25.2 Å². The summed E-state index contributed by atoms with van der Waals surface area (Å²) in [7, 11) is -3.72. The average Bonchev–Trinajstić information content (AvgIpc) is 3.94. The van der Waals surface area contributed by atoms with Crippen molar-refractivity contribution < 1.29 is 27.2 Å². The number of rotatable bonds is 13. The molecular weight excluding hydrogens is 852 g/mol. The number of likely N-dealkylation sites (tertiary alicyclic amines) is 1. The largest absolute Gasteiger partial charge is 0.371 e. The van der Waals surface area contributed by atoms with Gasteiger partial charge in [0, 0.05) is 67.6 Å².